The molecule has 4 nitrogen and oxygen atoms in total. The predicted molar refractivity (Wildman–Crippen MR) is 49.0 cm³/mol. The van der Waals surface area contributed by atoms with Gasteiger partial charge < -0.3 is 10.6 Å². The summed E-state index contributed by atoms with van der Waals surface area (Å²) >= 11 is 0. The summed E-state index contributed by atoms with van der Waals surface area (Å²) in [6.45, 7) is 4.28. The highest BCUT2D eigenvalue weighted by Gasteiger charge is 2.20. The molecule has 1 aliphatic rings. The number of amides is 2. The third-order valence-electron chi connectivity index (χ3n) is 2.14. The number of carbonyl (C=O) groups excluding carboxylic acids is 2. The Balaban J connectivity index is 2.30. The van der Waals surface area contributed by atoms with Crippen LogP contribution in [0.15, 0.2) is 0 Å². The molecule has 1 unspecified atom stereocenters. The van der Waals surface area contributed by atoms with E-state index in [-0.39, 0.29) is 23.8 Å². The minimum Gasteiger partial charge on any atom is -0.354 e. The Morgan fingerprint density at radius 1 is 1.62 bits per heavy atom. The zero-order valence-electron chi connectivity index (χ0n) is 8.09. The van der Waals surface area contributed by atoms with Crippen LogP contribution in [-0.4, -0.2) is 24.4 Å². The first kappa shape index (κ1) is 10.0. The topological polar surface area (TPSA) is 58.2 Å². The molecule has 1 rings (SSSR count). The van der Waals surface area contributed by atoms with E-state index in [4.69, 9.17) is 0 Å². The fourth-order valence-corrected chi connectivity index (χ4v) is 1.22. The quantitative estimate of drug-likeness (QED) is 0.636. The van der Waals surface area contributed by atoms with Gasteiger partial charge in [0.25, 0.3) is 0 Å². The predicted octanol–water partition coefficient (Wildman–Crippen LogP) is 0.0372. The molecule has 0 saturated carbocycles. The van der Waals surface area contributed by atoms with Gasteiger partial charge in [-0.3, -0.25) is 9.59 Å². The number of piperidine rings is 1. The fraction of sp³-hybridized carbons (Fsp3) is 0.778. The maximum atomic E-state index is 11.3. The van der Waals surface area contributed by atoms with Gasteiger partial charge in [0, 0.05) is 24.9 Å². The van der Waals surface area contributed by atoms with Crippen LogP contribution in [0.2, 0.25) is 0 Å². The SMILES string of the molecule is CC(C)C(=O)NC1CCC(=O)NC1. The molecule has 2 amide bonds. The molecule has 1 saturated heterocycles. The van der Waals surface area contributed by atoms with Crippen molar-refractivity contribution in [2.24, 2.45) is 5.92 Å². The van der Waals surface area contributed by atoms with Crippen molar-refractivity contribution in [3.8, 4) is 0 Å². The Bertz CT molecular complexity index is 204. The second kappa shape index (κ2) is 4.25. The molecule has 1 fully saturated rings. The molecular formula is C9H16N2O2. The van der Waals surface area contributed by atoms with E-state index in [0.29, 0.717) is 13.0 Å². The lowest BCUT2D eigenvalue weighted by atomic mass is 10.1. The Labute approximate surface area is 78.1 Å². The number of carbonyl (C=O) groups is 2. The highest BCUT2D eigenvalue weighted by molar-refractivity contribution is 5.79. The molecule has 2 N–H and O–H groups in total. The average Bonchev–Trinajstić information content (AvgIpc) is 2.08. The molecule has 0 radical (unpaired) electrons. The Hall–Kier alpha value is -1.06. The number of nitrogens with one attached hydrogen (secondary N) is 2. The first-order valence-corrected chi connectivity index (χ1v) is 4.66. The molecule has 13 heavy (non-hydrogen) atoms. The van der Waals surface area contributed by atoms with Crippen LogP contribution < -0.4 is 10.6 Å². The van der Waals surface area contributed by atoms with Crippen molar-refractivity contribution in [1.82, 2.24) is 10.6 Å². The van der Waals surface area contributed by atoms with Crippen molar-refractivity contribution < 1.29 is 9.59 Å². The van der Waals surface area contributed by atoms with Gasteiger partial charge in [0.2, 0.25) is 11.8 Å². The van der Waals surface area contributed by atoms with Crippen molar-refractivity contribution in [3.63, 3.8) is 0 Å². The van der Waals surface area contributed by atoms with Crippen molar-refractivity contribution in [3.05, 3.63) is 0 Å². The van der Waals surface area contributed by atoms with Gasteiger partial charge in [0.1, 0.15) is 0 Å². The summed E-state index contributed by atoms with van der Waals surface area (Å²) in [6, 6.07) is 0.118. The molecule has 4 heteroatoms. The van der Waals surface area contributed by atoms with Crippen molar-refractivity contribution in [1.29, 1.82) is 0 Å². The van der Waals surface area contributed by atoms with E-state index in [9.17, 15) is 9.59 Å². The third-order valence-corrected chi connectivity index (χ3v) is 2.14. The van der Waals surface area contributed by atoms with E-state index in [1.165, 1.54) is 0 Å². The standard InChI is InChI=1S/C9H16N2O2/c1-6(2)9(13)11-7-3-4-8(12)10-5-7/h6-7H,3-5H2,1-2H3,(H,10,12)(H,11,13). The molecule has 0 aromatic rings. The molecule has 1 heterocycles. The lowest BCUT2D eigenvalue weighted by Gasteiger charge is -2.24. The molecule has 1 atom stereocenters. The van der Waals surface area contributed by atoms with Gasteiger partial charge in [-0.05, 0) is 6.42 Å². The van der Waals surface area contributed by atoms with Crippen LogP contribution in [0.25, 0.3) is 0 Å². The summed E-state index contributed by atoms with van der Waals surface area (Å²) in [5.41, 5.74) is 0. The van der Waals surface area contributed by atoms with Gasteiger partial charge >= 0.3 is 0 Å². The van der Waals surface area contributed by atoms with Crippen LogP contribution in [-0.2, 0) is 9.59 Å². The fourth-order valence-electron chi connectivity index (χ4n) is 1.22. The van der Waals surface area contributed by atoms with Crippen LogP contribution in [0.5, 0.6) is 0 Å². The maximum Gasteiger partial charge on any atom is 0.222 e. The van der Waals surface area contributed by atoms with Gasteiger partial charge in [0.05, 0.1) is 0 Å². The normalized spacial score (nSPS) is 22.7. The molecule has 0 bridgehead atoms. The van der Waals surface area contributed by atoms with E-state index >= 15 is 0 Å². The summed E-state index contributed by atoms with van der Waals surface area (Å²) in [5, 5.41) is 5.61. The van der Waals surface area contributed by atoms with E-state index in [1.807, 2.05) is 13.8 Å². The van der Waals surface area contributed by atoms with Crippen molar-refractivity contribution >= 4 is 11.8 Å². The lowest BCUT2D eigenvalue weighted by Crippen LogP contribution is -2.48. The third kappa shape index (κ3) is 3.05. The smallest absolute Gasteiger partial charge is 0.222 e. The minimum atomic E-state index is 0.0117. The number of rotatable bonds is 2. The summed E-state index contributed by atoms with van der Waals surface area (Å²) in [4.78, 5) is 22.1. The van der Waals surface area contributed by atoms with Crippen LogP contribution >= 0.6 is 0 Å². The molecule has 0 spiro atoms. The molecule has 1 aliphatic heterocycles. The van der Waals surface area contributed by atoms with E-state index < -0.39 is 0 Å². The van der Waals surface area contributed by atoms with Crippen LogP contribution in [0.3, 0.4) is 0 Å². The van der Waals surface area contributed by atoms with Gasteiger partial charge in [-0.25, -0.2) is 0 Å². The molecule has 0 aromatic heterocycles. The number of hydrogen-bond acceptors (Lipinski definition) is 2. The highest BCUT2D eigenvalue weighted by atomic mass is 16.2. The zero-order valence-corrected chi connectivity index (χ0v) is 8.09. The van der Waals surface area contributed by atoms with Gasteiger partial charge in [-0.2, -0.15) is 0 Å². The summed E-state index contributed by atoms with van der Waals surface area (Å²) in [6.07, 6.45) is 1.27. The highest BCUT2D eigenvalue weighted by Crippen LogP contribution is 2.03. The van der Waals surface area contributed by atoms with E-state index in [1.54, 1.807) is 0 Å². The van der Waals surface area contributed by atoms with E-state index in [2.05, 4.69) is 10.6 Å². The molecule has 0 aliphatic carbocycles. The molecule has 74 valence electrons. The van der Waals surface area contributed by atoms with E-state index in [0.717, 1.165) is 6.42 Å². The van der Waals surface area contributed by atoms with Crippen LogP contribution in [0.1, 0.15) is 26.7 Å². The maximum absolute atomic E-state index is 11.3. The minimum absolute atomic E-state index is 0.0117. The average molecular weight is 184 g/mol. The second-order valence-electron chi connectivity index (χ2n) is 3.70. The molecular weight excluding hydrogens is 168 g/mol. The second-order valence-corrected chi connectivity index (χ2v) is 3.70. The number of hydrogen-bond donors (Lipinski definition) is 2. The summed E-state index contributed by atoms with van der Waals surface area (Å²) in [7, 11) is 0. The van der Waals surface area contributed by atoms with Crippen molar-refractivity contribution in [2.75, 3.05) is 6.54 Å². The van der Waals surface area contributed by atoms with Crippen LogP contribution in [0.4, 0.5) is 0 Å². The van der Waals surface area contributed by atoms with Gasteiger partial charge in [0.15, 0.2) is 0 Å². The van der Waals surface area contributed by atoms with Crippen LogP contribution in [0, 0.1) is 5.92 Å². The first-order chi connectivity index (χ1) is 6.09. The monoisotopic (exact) mass is 184 g/mol. The Morgan fingerprint density at radius 3 is 2.77 bits per heavy atom. The lowest BCUT2D eigenvalue weighted by molar-refractivity contribution is -0.127. The first-order valence-electron chi connectivity index (χ1n) is 4.66. The summed E-state index contributed by atoms with van der Waals surface area (Å²) in [5.74, 6) is 0.147. The molecule has 0 aromatic carbocycles. The Kier molecular flexibility index (Phi) is 3.28. The Morgan fingerprint density at radius 2 is 2.31 bits per heavy atom. The van der Waals surface area contributed by atoms with Gasteiger partial charge in [-0.15, -0.1) is 0 Å². The summed E-state index contributed by atoms with van der Waals surface area (Å²) < 4.78 is 0. The zero-order chi connectivity index (χ0) is 9.84. The van der Waals surface area contributed by atoms with Gasteiger partial charge in [-0.1, -0.05) is 13.8 Å². The van der Waals surface area contributed by atoms with Crippen molar-refractivity contribution in [2.45, 2.75) is 32.7 Å². The largest absolute Gasteiger partial charge is 0.354 e.